The first-order valence-electron chi connectivity index (χ1n) is 7.40. The molecule has 0 saturated carbocycles. The summed E-state index contributed by atoms with van der Waals surface area (Å²) in [6.07, 6.45) is -1.02. The van der Waals surface area contributed by atoms with E-state index in [9.17, 15) is 9.59 Å². The van der Waals surface area contributed by atoms with Gasteiger partial charge in [-0.15, -0.1) is 0 Å². The van der Waals surface area contributed by atoms with Crippen LogP contribution in [0.4, 0.5) is 0 Å². The summed E-state index contributed by atoms with van der Waals surface area (Å²) in [5, 5.41) is 4.47. The van der Waals surface area contributed by atoms with Crippen LogP contribution in [0.1, 0.15) is 34.1 Å². The monoisotopic (exact) mass is 350 g/mol. The highest BCUT2D eigenvalue weighted by Gasteiger charge is 2.26. The van der Waals surface area contributed by atoms with Gasteiger partial charge >= 0.3 is 11.9 Å². The summed E-state index contributed by atoms with van der Waals surface area (Å²) in [4.78, 5) is 23.6. The van der Waals surface area contributed by atoms with Crippen LogP contribution in [0.25, 0.3) is 0 Å². The lowest BCUT2D eigenvalue weighted by Gasteiger charge is -2.10. The summed E-state index contributed by atoms with van der Waals surface area (Å²) in [7, 11) is 1.23. The molecule has 0 aliphatic rings. The number of hydrogen-bond donors (Lipinski definition) is 0. The minimum absolute atomic E-state index is 0.152. The summed E-state index contributed by atoms with van der Waals surface area (Å²) in [6.45, 7) is 5.53. The van der Waals surface area contributed by atoms with Crippen molar-refractivity contribution in [2.75, 3.05) is 7.11 Å². The molecule has 24 heavy (non-hydrogen) atoms. The fourth-order valence-electron chi connectivity index (χ4n) is 2.19. The van der Waals surface area contributed by atoms with Crippen molar-refractivity contribution in [2.24, 2.45) is 0 Å². The van der Waals surface area contributed by atoms with Crippen LogP contribution in [0.5, 0.6) is 0 Å². The Kier molecular flexibility index (Phi) is 5.62. The molecule has 0 unspecified atom stereocenters. The molecule has 0 radical (unpaired) electrons. The second-order valence-electron chi connectivity index (χ2n) is 5.47. The highest BCUT2D eigenvalue weighted by atomic mass is 35.5. The minimum atomic E-state index is -1.02. The number of esters is 2. The van der Waals surface area contributed by atoms with Crippen molar-refractivity contribution in [3.63, 3.8) is 0 Å². The maximum atomic E-state index is 12.3. The van der Waals surface area contributed by atoms with Crippen LogP contribution in [0.3, 0.4) is 0 Å². The van der Waals surface area contributed by atoms with Gasteiger partial charge in [0.15, 0.2) is 6.10 Å². The molecule has 0 spiro atoms. The molecule has 128 valence electrons. The predicted molar refractivity (Wildman–Crippen MR) is 89.1 cm³/mol. The second kappa shape index (κ2) is 7.49. The Morgan fingerprint density at radius 2 is 1.88 bits per heavy atom. The molecule has 1 atom stereocenters. The van der Waals surface area contributed by atoms with Gasteiger partial charge in [0.25, 0.3) is 0 Å². The molecule has 0 saturated heterocycles. The molecule has 2 rings (SSSR count). The minimum Gasteiger partial charge on any atom is -0.466 e. The van der Waals surface area contributed by atoms with Crippen molar-refractivity contribution >= 4 is 23.5 Å². The molecule has 0 aliphatic heterocycles. The Morgan fingerprint density at radius 1 is 1.25 bits per heavy atom. The number of carbonyl (C=O) groups is 2. The average Bonchev–Trinajstić information content (AvgIpc) is 2.82. The van der Waals surface area contributed by atoms with Gasteiger partial charge < -0.3 is 9.47 Å². The van der Waals surface area contributed by atoms with E-state index in [4.69, 9.17) is 16.3 Å². The third-order valence-corrected chi connectivity index (χ3v) is 3.92. The largest absolute Gasteiger partial charge is 0.466 e. The van der Waals surface area contributed by atoms with Gasteiger partial charge in [-0.2, -0.15) is 5.10 Å². The summed E-state index contributed by atoms with van der Waals surface area (Å²) in [6, 6.07) is 7.93. The average molecular weight is 351 g/mol. The van der Waals surface area contributed by atoms with Crippen molar-refractivity contribution in [2.45, 2.75) is 33.4 Å². The second-order valence-corrected chi connectivity index (χ2v) is 5.82. The molecule has 6 nitrogen and oxygen atoms in total. The van der Waals surface area contributed by atoms with Gasteiger partial charge in [0.1, 0.15) is 10.7 Å². The van der Waals surface area contributed by atoms with E-state index in [0.29, 0.717) is 12.2 Å². The molecule has 1 aromatic carbocycles. The normalized spacial score (nSPS) is 11.9. The number of ether oxygens (including phenoxy) is 2. The fraction of sp³-hybridized carbons (Fsp3) is 0.353. The zero-order valence-corrected chi connectivity index (χ0v) is 14.8. The van der Waals surface area contributed by atoms with Crippen LogP contribution in [0.2, 0.25) is 5.15 Å². The van der Waals surface area contributed by atoms with Gasteiger partial charge in [0, 0.05) is 0 Å². The van der Waals surface area contributed by atoms with Crippen molar-refractivity contribution in [1.29, 1.82) is 0 Å². The van der Waals surface area contributed by atoms with Crippen molar-refractivity contribution < 1.29 is 19.1 Å². The van der Waals surface area contributed by atoms with Crippen LogP contribution in [0.15, 0.2) is 24.3 Å². The molecule has 0 amide bonds. The molecule has 1 aromatic heterocycles. The first-order valence-corrected chi connectivity index (χ1v) is 7.78. The van der Waals surface area contributed by atoms with E-state index in [1.165, 1.54) is 18.7 Å². The number of benzene rings is 1. The number of rotatable bonds is 5. The van der Waals surface area contributed by atoms with E-state index < -0.39 is 18.0 Å². The van der Waals surface area contributed by atoms with E-state index >= 15 is 0 Å². The van der Waals surface area contributed by atoms with Gasteiger partial charge in [-0.25, -0.2) is 14.3 Å². The summed E-state index contributed by atoms with van der Waals surface area (Å²) < 4.78 is 11.1. The fourth-order valence-corrected chi connectivity index (χ4v) is 2.50. The van der Waals surface area contributed by atoms with Crippen LogP contribution in [0, 0.1) is 13.8 Å². The van der Waals surface area contributed by atoms with E-state index in [0.717, 1.165) is 11.1 Å². The Labute approximate surface area is 145 Å². The molecule has 7 heteroatoms. The first kappa shape index (κ1) is 18.0. The highest BCUT2D eigenvalue weighted by molar-refractivity contribution is 6.32. The standard InChI is InChI=1S/C17H19ClN2O4/c1-10-5-7-13(8-6-10)9-20-15(18)14(11(2)19-20)17(22)24-12(3)16(21)23-4/h5-8,12H,9H2,1-4H3/t12-/m0/s1. The van der Waals surface area contributed by atoms with E-state index in [2.05, 4.69) is 9.84 Å². The number of carbonyl (C=O) groups excluding carboxylic acids is 2. The van der Waals surface area contributed by atoms with Crippen molar-refractivity contribution in [3.8, 4) is 0 Å². The third kappa shape index (κ3) is 3.94. The molecule has 0 N–H and O–H groups in total. The van der Waals surface area contributed by atoms with Crippen LogP contribution >= 0.6 is 11.6 Å². The Hall–Kier alpha value is -2.34. The topological polar surface area (TPSA) is 70.4 Å². The van der Waals surface area contributed by atoms with Gasteiger partial charge in [-0.3, -0.25) is 0 Å². The maximum absolute atomic E-state index is 12.3. The first-order chi connectivity index (χ1) is 11.3. The third-order valence-electron chi connectivity index (χ3n) is 3.54. The number of halogens is 1. The number of methoxy groups -OCH3 is 1. The van der Waals surface area contributed by atoms with Gasteiger partial charge in [-0.05, 0) is 26.3 Å². The molecular formula is C17H19ClN2O4. The molecule has 0 aliphatic carbocycles. The molecule has 0 fully saturated rings. The Bertz CT molecular complexity index is 753. The van der Waals surface area contributed by atoms with E-state index in [1.807, 2.05) is 31.2 Å². The lowest BCUT2D eigenvalue weighted by molar-refractivity contribution is -0.149. The zero-order valence-electron chi connectivity index (χ0n) is 14.0. The van der Waals surface area contributed by atoms with E-state index in [-0.39, 0.29) is 10.7 Å². The van der Waals surface area contributed by atoms with Crippen LogP contribution in [-0.4, -0.2) is 34.9 Å². The lowest BCUT2D eigenvalue weighted by Crippen LogP contribution is -2.25. The quantitative estimate of drug-likeness (QED) is 0.775. The van der Waals surface area contributed by atoms with Crippen LogP contribution in [-0.2, 0) is 20.8 Å². The maximum Gasteiger partial charge on any atom is 0.346 e. The highest BCUT2D eigenvalue weighted by Crippen LogP contribution is 2.22. The van der Waals surface area contributed by atoms with Gasteiger partial charge in [0.05, 0.1) is 19.3 Å². The molecule has 1 heterocycles. The Morgan fingerprint density at radius 3 is 2.46 bits per heavy atom. The molecule has 0 bridgehead atoms. The van der Waals surface area contributed by atoms with Crippen LogP contribution < -0.4 is 0 Å². The van der Waals surface area contributed by atoms with Crippen molar-refractivity contribution in [1.82, 2.24) is 9.78 Å². The lowest BCUT2D eigenvalue weighted by atomic mass is 10.1. The summed E-state index contributed by atoms with van der Waals surface area (Å²) in [5.74, 6) is -1.34. The predicted octanol–water partition coefficient (Wildman–Crippen LogP) is 2.92. The molecular weight excluding hydrogens is 332 g/mol. The smallest absolute Gasteiger partial charge is 0.346 e. The number of hydrogen-bond acceptors (Lipinski definition) is 5. The number of nitrogens with zero attached hydrogens (tertiary/aromatic N) is 2. The molecule has 2 aromatic rings. The van der Waals surface area contributed by atoms with Gasteiger partial charge in [0.2, 0.25) is 0 Å². The SMILES string of the molecule is COC(=O)[C@H](C)OC(=O)c1c(C)nn(Cc2ccc(C)cc2)c1Cl. The van der Waals surface area contributed by atoms with Gasteiger partial charge in [-0.1, -0.05) is 41.4 Å². The number of aromatic nitrogens is 2. The van der Waals surface area contributed by atoms with Crippen molar-refractivity contribution in [3.05, 3.63) is 51.8 Å². The zero-order chi connectivity index (χ0) is 17.9. The summed E-state index contributed by atoms with van der Waals surface area (Å²) in [5.41, 5.74) is 2.75. The van der Waals surface area contributed by atoms with E-state index in [1.54, 1.807) is 6.92 Å². The summed E-state index contributed by atoms with van der Waals surface area (Å²) >= 11 is 6.29. The number of aryl methyl sites for hydroxylation is 2. The Balaban J connectivity index is 2.20.